The third kappa shape index (κ3) is 1.78. The van der Waals surface area contributed by atoms with E-state index in [9.17, 15) is 17.6 Å². The molecule has 0 aliphatic heterocycles. The molecule has 1 nitrogen and oxygen atoms in total. The second kappa shape index (κ2) is 3.05. The molecule has 0 saturated carbocycles. The van der Waals surface area contributed by atoms with E-state index in [2.05, 4.69) is 0 Å². The van der Waals surface area contributed by atoms with Gasteiger partial charge in [-0.1, -0.05) is 0 Å². The molecule has 13 heavy (non-hydrogen) atoms. The van der Waals surface area contributed by atoms with Gasteiger partial charge < -0.3 is 0 Å². The Labute approximate surface area is 71.2 Å². The van der Waals surface area contributed by atoms with Crippen LogP contribution in [0.5, 0.6) is 0 Å². The van der Waals surface area contributed by atoms with Crippen molar-refractivity contribution >= 4 is 0 Å². The van der Waals surface area contributed by atoms with Crippen molar-refractivity contribution in [3.8, 4) is 6.07 Å². The highest BCUT2D eigenvalue weighted by Gasteiger charge is 2.31. The fourth-order valence-corrected chi connectivity index (χ4v) is 0.756. The Bertz CT molecular complexity index is 367. The van der Waals surface area contributed by atoms with Crippen molar-refractivity contribution in [2.75, 3.05) is 0 Å². The smallest absolute Gasteiger partial charge is 0.204 e. The van der Waals surface area contributed by atoms with E-state index in [-0.39, 0.29) is 0 Å². The molecule has 0 saturated heterocycles. The number of nitrogens with zero attached hydrogens (tertiary/aromatic N) is 1. The van der Waals surface area contributed by atoms with E-state index in [1.807, 2.05) is 0 Å². The summed E-state index contributed by atoms with van der Waals surface area (Å²) in [5, 5.41) is 7.99. The van der Waals surface area contributed by atoms with Gasteiger partial charge in [-0.15, -0.1) is 0 Å². The van der Waals surface area contributed by atoms with E-state index < -0.39 is 23.1 Å². The van der Waals surface area contributed by atoms with Crippen LogP contribution in [0.15, 0.2) is 18.2 Å². The highest BCUT2D eigenvalue weighted by molar-refractivity contribution is 5.26. The molecule has 0 radical (unpaired) electrons. The zero-order chi connectivity index (χ0) is 10.1. The van der Waals surface area contributed by atoms with E-state index in [0.717, 1.165) is 0 Å². The van der Waals surface area contributed by atoms with Crippen LogP contribution >= 0.6 is 0 Å². The predicted molar refractivity (Wildman–Crippen MR) is 35.9 cm³/mol. The summed E-state index contributed by atoms with van der Waals surface area (Å²) in [5.41, 5.74) is -0.853. The summed E-state index contributed by atoms with van der Waals surface area (Å²) in [5.74, 6) is -6.40. The third-order valence-corrected chi connectivity index (χ3v) is 1.42. The Morgan fingerprint density at radius 2 is 1.77 bits per heavy atom. The van der Waals surface area contributed by atoms with E-state index in [1.54, 1.807) is 0 Å². The summed E-state index contributed by atoms with van der Waals surface area (Å²) in [6.45, 7) is 0. The summed E-state index contributed by atoms with van der Waals surface area (Å²) < 4.78 is 49.8. The molecule has 0 amide bonds. The van der Waals surface area contributed by atoms with Gasteiger partial charge in [-0.25, -0.2) is 8.78 Å². The Morgan fingerprint density at radius 3 is 2.23 bits per heavy atom. The van der Waals surface area contributed by atoms with Gasteiger partial charge in [0.15, 0.2) is 11.6 Å². The van der Waals surface area contributed by atoms with Crippen LogP contribution in [0.3, 0.4) is 0 Å². The van der Waals surface area contributed by atoms with Crippen LogP contribution in [0.1, 0.15) is 5.56 Å². The Morgan fingerprint density at radius 1 is 1.15 bits per heavy atom. The first-order valence-electron chi connectivity index (χ1n) is 3.22. The summed E-state index contributed by atoms with van der Waals surface area (Å²) in [6.07, 6.45) is 0. The lowest BCUT2D eigenvalue weighted by atomic mass is 10.1. The number of nitriles is 1. The first-order chi connectivity index (χ1) is 5.97. The van der Waals surface area contributed by atoms with Gasteiger partial charge in [-0.3, -0.25) is 0 Å². The number of alkyl halides is 2. The molecule has 0 aromatic heterocycles. The van der Waals surface area contributed by atoms with Gasteiger partial charge in [0.2, 0.25) is 0 Å². The van der Waals surface area contributed by atoms with Crippen molar-refractivity contribution in [1.82, 2.24) is 0 Å². The van der Waals surface area contributed by atoms with Crippen molar-refractivity contribution in [2.45, 2.75) is 5.92 Å². The van der Waals surface area contributed by atoms with Gasteiger partial charge in [-0.05, 0) is 18.2 Å². The maximum atomic E-state index is 12.5. The zero-order valence-electron chi connectivity index (χ0n) is 6.19. The van der Waals surface area contributed by atoms with Crippen LogP contribution in [-0.4, -0.2) is 0 Å². The van der Waals surface area contributed by atoms with E-state index in [0.29, 0.717) is 24.3 Å². The average molecular weight is 189 g/mol. The normalized spacial score (nSPS) is 11.0. The lowest BCUT2D eigenvalue weighted by Crippen LogP contribution is -2.10. The second-order valence-electron chi connectivity index (χ2n) is 2.32. The lowest BCUT2D eigenvalue weighted by Gasteiger charge is -2.06. The Hall–Kier alpha value is -1.57. The van der Waals surface area contributed by atoms with Crippen LogP contribution < -0.4 is 0 Å². The topological polar surface area (TPSA) is 23.8 Å². The molecule has 68 valence electrons. The second-order valence-corrected chi connectivity index (χ2v) is 2.32. The summed E-state index contributed by atoms with van der Waals surface area (Å²) in [6, 6.07) is 2.21. The molecule has 0 aliphatic carbocycles. The largest absolute Gasteiger partial charge is 0.357 e. The number of hydrogen-bond acceptors (Lipinski definition) is 1. The fourth-order valence-electron chi connectivity index (χ4n) is 0.756. The molecule has 0 unspecified atom stereocenters. The van der Waals surface area contributed by atoms with Gasteiger partial charge >= 0.3 is 5.92 Å². The predicted octanol–water partition coefficient (Wildman–Crippen LogP) is 2.58. The first kappa shape index (κ1) is 9.52. The van der Waals surface area contributed by atoms with Gasteiger partial charge in [0.25, 0.3) is 0 Å². The van der Waals surface area contributed by atoms with Crippen LogP contribution in [0, 0.1) is 23.0 Å². The molecule has 0 spiro atoms. The van der Waals surface area contributed by atoms with Gasteiger partial charge in [0, 0.05) is 5.56 Å². The first-order valence-corrected chi connectivity index (χ1v) is 3.22. The lowest BCUT2D eigenvalue weighted by molar-refractivity contribution is 0.0608. The van der Waals surface area contributed by atoms with Crippen LogP contribution in [0.25, 0.3) is 0 Å². The highest BCUT2D eigenvalue weighted by Crippen LogP contribution is 2.27. The van der Waals surface area contributed by atoms with Crippen molar-refractivity contribution in [1.29, 1.82) is 5.26 Å². The third-order valence-electron chi connectivity index (χ3n) is 1.42. The van der Waals surface area contributed by atoms with E-state index in [4.69, 9.17) is 5.26 Å². The fraction of sp³-hybridized carbons (Fsp3) is 0.125. The molecule has 0 aliphatic rings. The van der Waals surface area contributed by atoms with E-state index >= 15 is 0 Å². The maximum Gasteiger partial charge on any atom is 0.357 e. The standard InChI is InChI=1S/C8H3F4N/c9-6-2-1-5(3-7(6)10)8(11,12)4-13/h1-3H. The van der Waals surface area contributed by atoms with Crippen molar-refractivity contribution < 1.29 is 17.6 Å². The van der Waals surface area contributed by atoms with E-state index in [1.165, 1.54) is 0 Å². The minimum atomic E-state index is -3.78. The molecule has 0 bridgehead atoms. The molecule has 1 aromatic carbocycles. The van der Waals surface area contributed by atoms with Gasteiger partial charge in [0.1, 0.15) is 6.07 Å². The Balaban J connectivity index is 3.20. The maximum absolute atomic E-state index is 12.5. The number of rotatable bonds is 1. The molecule has 0 N–H and O–H groups in total. The monoisotopic (exact) mass is 189 g/mol. The molecule has 0 fully saturated rings. The summed E-state index contributed by atoms with van der Waals surface area (Å²) in [7, 11) is 0. The zero-order valence-corrected chi connectivity index (χ0v) is 6.19. The Kier molecular flexibility index (Phi) is 2.24. The molecular formula is C8H3F4N. The van der Waals surface area contributed by atoms with Crippen LogP contribution in [0.4, 0.5) is 17.6 Å². The van der Waals surface area contributed by atoms with Crippen molar-refractivity contribution in [2.24, 2.45) is 0 Å². The average Bonchev–Trinajstić information content (AvgIpc) is 2.09. The SMILES string of the molecule is N#CC(F)(F)c1ccc(F)c(F)c1. The summed E-state index contributed by atoms with van der Waals surface area (Å²) in [4.78, 5) is 0. The highest BCUT2D eigenvalue weighted by atomic mass is 19.3. The van der Waals surface area contributed by atoms with Crippen molar-refractivity contribution in [3.05, 3.63) is 35.4 Å². The molecule has 1 aromatic rings. The summed E-state index contributed by atoms with van der Waals surface area (Å²) >= 11 is 0. The molecule has 0 heterocycles. The minimum absolute atomic E-state index is 0.304. The van der Waals surface area contributed by atoms with Gasteiger partial charge in [0.05, 0.1) is 0 Å². The minimum Gasteiger partial charge on any atom is -0.204 e. The quantitative estimate of drug-likeness (QED) is 0.623. The van der Waals surface area contributed by atoms with Crippen LogP contribution in [-0.2, 0) is 5.92 Å². The molecular weight excluding hydrogens is 186 g/mol. The number of halogens is 4. The van der Waals surface area contributed by atoms with Crippen LogP contribution in [0.2, 0.25) is 0 Å². The molecule has 0 atom stereocenters. The number of hydrogen-bond donors (Lipinski definition) is 0. The van der Waals surface area contributed by atoms with Crippen molar-refractivity contribution in [3.63, 3.8) is 0 Å². The van der Waals surface area contributed by atoms with Gasteiger partial charge in [-0.2, -0.15) is 14.0 Å². The molecule has 5 heteroatoms. The molecule has 1 rings (SSSR count). The number of benzene rings is 1.